The molecule has 0 saturated carbocycles. The lowest BCUT2D eigenvalue weighted by molar-refractivity contribution is -0.121. The van der Waals surface area contributed by atoms with E-state index in [0.29, 0.717) is 19.6 Å². The van der Waals surface area contributed by atoms with Gasteiger partial charge in [0.2, 0.25) is 5.91 Å². The van der Waals surface area contributed by atoms with E-state index in [2.05, 4.69) is 11.4 Å². The summed E-state index contributed by atoms with van der Waals surface area (Å²) in [5.74, 6) is 0.799. The van der Waals surface area contributed by atoms with Gasteiger partial charge in [0, 0.05) is 13.2 Å². The molecule has 1 amide bonds. The van der Waals surface area contributed by atoms with Gasteiger partial charge in [-0.05, 0) is 49.9 Å². The summed E-state index contributed by atoms with van der Waals surface area (Å²) >= 11 is 0. The first kappa shape index (κ1) is 15.5. The van der Waals surface area contributed by atoms with Crippen molar-refractivity contribution in [2.45, 2.75) is 33.1 Å². The fraction of sp³-hybridized carbons (Fsp3) is 0.533. The SMILES string of the molecule is Cc1cc(C)cc(OCCC(=O)NCCCCO)c1. The van der Waals surface area contributed by atoms with Gasteiger partial charge in [0.15, 0.2) is 0 Å². The van der Waals surface area contributed by atoms with Gasteiger partial charge >= 0.3 is 0 Å². The van der Waals surface area contributed by atoms with Crippen LogP contribution in [0.4, 0.5) is 0 Å². The van der Waals surface area contributed by atoms with E-state index in [1.807, 2.05) is 26.0 Å². The van der Waals surface area contributed by atoms with Crippen molar-refractivity contribution in [3.63, 3.8) is 0 Å². The minimum Gasteiger partial charge on any atom is -0.493 e. The van der Waals surface area contributed by atoms with Gasteiger partial charge in [-0.2, -0.15) is 0 Å². The summed E-state index contributed by atoms with van der Waals surface area (Å²) in [5, 5.41) is 11.4. The van der Waals surface area contributed by atoms with E-state index in [9.17, 15) is 4.79 Å². The second-order valence-corrected chi connectivity index (χ2v) is 4.70. The maximum atomic E-state index is 11.5. The van der Waals surface area contributed by atoms with E-state index >= 15 is 0 Å². The van der Waals surface area contributed by atoms with Crippen LogP contribution in [0, 0.1) is 13.8 Å². The molecule has 1 rings (SSSR count). The van der Waals surface area contributed by atoms with Crippen LogP contribution in [0.15, 0.2) is 18.2 Å². The molecule has 1 aromatic carbocycles. The number of aliphatic hydroxyl groups excluding tert-OH is 1. The molecule has 0 radical (unpaired) electrons. The van der Waals surface area contributed by atoms with Crippen molar-refractivity contribution in [3.05, 3.63) is 29.3 Å². The highest BCUT2D eigenvalue weighted by molar-refractivity contribution is 5.75. The summed E-state index contributed by atoms with van der Waals surface area (Å²) in [6.45, 7) is 5.21. The van der Waals surface area contributed by atoms with Crippen molar-refractivity contribution in [2.24, 2.45) is 0 Å². The minimum absolute atomic E-state index is 0.0117. The number of carbonyl (C=O) groups excluding carboxylic acids is 1. The summed E-state index contributed by atoms with van der Waals surface area (Å²) < 4.78 is 5.56. The average Bonchev–Trinajstić information content (AvgIpc) is 2.33. The van der Waals surface area contributed by atoms with Crippen LogP contribution in [0.1, 0.15) is 30.4 Å². The molecule has 0 fully saturated rings. The molecule has 106 valence electrons. The number of amides is 1. The number of nitrogens with one attached hydrogen (secondary N) is 1. The average molecular weight is 265 g/mol. The molecule has 4 nitrogen and oxygen atoms in total. The lowest BCUT2D eigenvalue weighted by Gasteiger charge is -2.08. The molecule has 1 aromatic rings. The largest absolute Gasteiger partial charge is 0.493 e. The molecule has 0 saturated heterocycles. The van der Waals surface area contributed by atoms with Crippen LogP contribution in [0.2, 0.25) is 0 Å². The van der Waals surface area contributed by atoms with Crippen LogP contribution in [-0.4, -0.2) is 30.8 Å². The molecule has 0 atom stereocenters. The Bertz CT molecular complexity index is 384. The Morgan fingerprint density at radius 2 is 1.89 bits per heavy atom. The minimum atomic E-state index is -0.0117. The van der Waals surface area contributed by atoms with Crippen molar-refractivity contribution in [2.75, 3.05) is 19.8 Å². The number of aliphatic hydroxyl groups is 1. The number of aryl methyl sites for hydroxylation is 2. The molecular formula is C15H23NO3. The fourth-order valence-corrected chi connectivity index (χ4v) is 1.83. The van der Waals surface area contributed by atoms with E-state index in [1.165, 1.54) is 0 Å². The Hall–Kier alpha value is -1.55. The van der Waals surface area contributed by atoms with Gasteiger partial charge in [-0.25, -0.2) is 0 Å². The van der Waals surface area contributed by atoms with E-state index in [4.69, 9.17) is 9.84 Å². The second kappa shape index (κ2) is 8.53. The number of hydrogen-bond acceptors (Lipinski definition) is 3. The third-order valence-corrected chi connectivity index (χ3v) is 2.70. The Morgan fingerprint density at radius 3 is 2.53 bits per heavy atom. The van der Waals surface area contributed by atoms with Crippen molar-refractivity contribution in [1.82, 2.24) is 5.32 Å². The molecule has 0 aliphatic heterocycles. The van der Waals surface area contributed by atoms with Crippen LogP contribution in [0.3, 0.4) is 0 Å². The van der Waals surface area contributed by atoms with Gasteiger partial charge in [0.1, 0.15) is 5.75 Å². The molecule has 0 heterocycles. The zero-order chi connectivity index (χ0) is 14.1. The smallest absolute Gasteiger partial charge is 0.223 e. The third kappa shape index (κ3) is 6.82. The predicted molar refractivity (Wildman–Crippen MR) is 75.4 cm³/mol. The van der Waals surface area contributed by atoms with Crippen LogP contribution >= 0.6 is 0 Å². The maximum absolute atomic E-state index is 11.5. The van der Waals surface area contributed by atoms with Gasteiger partial charge in [-0.1, -0.05) is 6.07 Å². The van der Waals surface area contributed by atoms with E-state index in [0.717, 1.165) is 29.7 Å². The summed E-state index contributed by atoms with van der Waals surface area (Å²) in [5.41, 5.74) is 2.31. The molecule has 0 unspecified atom stereocenters. The maximum Gasteiger partial charge on any atom is 0.223 e. The van der Waals surface area contributed by atoms with Gasteiger partial charge < -0.3 is 15.2 Å². The quantitative estimate of drug-likeness (QED) is 0.706. The highest BCUT2D eigenvalue weighted by Crippen LogP contribution is 2.16. The first-order valence-electron chi connectivity index (χ1n) is 6.70. The molecule has 19 heavy (non-hydrogen) atoms. The van der Waals surface area contributed by atoms with E-state index in [1.54, 1.807) is 0 Å². The Morgan fingerprint density at radius 1 is 1.21 bits per heavy atom. The highest BCUT2D eigenvalue weighted by atomic mass is 16.5. The number of rotatable bonds is 8. The number of unbranched alkanes of at least 4 members (excludes halogenated alkanes) is 1. The van der Waals surface area contributed by atoms with Crippen LogP contribution < -0.4 is 10.1 Å². The lowest BCUT2D eigenvalue weighted by Crippen LogP contribution is -2.26. The van der Waals surface area contributed by atoms with Gasteiger partial charge in [0.25, 0.3) is 0 Å². The molecule has 0 aromatic heterocycles. The Balaban J connectivity index is 2.20. The van der Waals surface area contributed by atoms with Crippen LogP contribution in [-0.2, 0) is 4.79 Å². The molecule has 4 heteroatoms. The predicted octanol–water partition coefficient (Wildman–Crippen LogP) is 1.96. The molecule has 2 N–H and O–H groups in total. The number of ether oxygens (including phenoxy) is 1. The summed E-state index contributed by atoms with van der Waals surface area (Å²) in [4.78, 5) is 11.5. The first-order valence-corrected chi connectivity index (χ1v) is 6.70. The summed E-state index contributed by atoms with van der Waals surface area (Å²) in [7, 11) is 0. The van der Waals surface area contributed by atoms with Crippen molar-refractivity contribution >= 4 is 5.91 Å². The van der Waals surface area contributed by atoms with Gasteiger partial charge in [0.05, 0.1) is 13.0 Å². The zero-order valence-corrected chi connectivity index (χ0v) is 11.7. The van der Waals surface area contributed by atoms with Crippen molar-refractivity contribution < 1.29 is 14.6 Å². The molecular weight excluding hydrogens is 242 g/mol. The molecule has 0 spiro atoms. The van der Waals surface area contributed by atoms with Crippen LogP contribution in [0.5, 0.6) is 5.75 Å². The number of hydrogen-bond donors (Lipinski definition) is 2. The van der Waals surface area contributed by atoms with E-state index in [-0.39, 0.29) is 12.5 Å². The first-order chi connectivity index (χ1) is 9.11. The normalized spacial score (nSPS) is 10.3. The van der Waals surface area contributed by atoms with Crippen LogP contribution in [0.25, 0.3) is 0 Å². The topological polar surface area (TPSA) is 58.6 Å². The van der Waals surface area contributed by atoms with Crippen molar-refractivity contribution in [1.29, 1.82) is 0 Å². The standard InChI is InChI=1S/C15H23NO3/c1-12-9-13(2)11-14(10-12)19-8-5-15(18)16-6-3-4-7-17/h9-11,17H,3-8H2,1-2H3,(H,16,18). The summed E-state index contributed by atoms with van der Waals surface area (Å²) in [6, 6.07) is 6.01. The van der Waals surface area contributed by atoms with Gasteiger partial charge in [-0.3, -0.25) is 4.79 Å². The van der Waals surface area contributed by atoms with E-state index < -0.39 is 0 Å². The second-order valence-electron chi connectivity index (χ2n) is 4.70. The molecule has 0 aliphatic rings. The fourth-order valence-electron chi connectivity index (χ4n) is 1.83. The molecule has 0 aliphatic carbocycles. The van der Waals surface area contributed by atoms with Gasteiger partial charge in [-0.15, -0.1) is 0 Å². The zero-order valence-electron chi connectivity index (χ0n) is 11.7. The Labute approximate surface area is 114 Å². The number of carbonyl (C=O) groups is 1. The lowest BCUT2D eigenvalue weighted by atomic mass is 10.1. The highest BCUT2D eigenvalue weighted by Gasteiger charge is 2.02. The monoisotopic (exact) mass is 265 g/mol. The van der Waals surface area contributed by atoms with Crippen molar-refractivity contribution in [3.8, 4) is 5.75 Å². The molecule has 0 bridgehead atoms. The summed E-state index contributed by atoms with van der Waals surface area (Å²) in [6.07, 6.45) is 1.88. The Kier molecular flexibility index (Phi) is 6.97. The third-order valence-electron chi connectivity index (χ3n) is 2.70. The number of benzene rings is 1.